The van der Waals surface area contributed by atoms with Crippen LogP contribution < -0.4 is 10.5 Å². The van der Waals surface area contributed by atoms with Crippen LogP contribution in [-0.4, -0.2) is 43.0 Å². The molecule has 0 spiro atoms. The Bertz CT molecular complexity index is 570. The van der Waals surface area contributed by atoms with Gasteiger partial charge in [-0.25, -0.2) is 18.1 Å². The van der Waals surface area contributed by atoms with Gasteiger partial charge in [-0.05, 0) is 45.7 Å². The molecule has 1 aliphatic heterocycles. The van der Waals surface area contributed by atoms with Crippen molar-refractivity contribution in [1.82, 2.24) is 14.6 Å². The lowest BCUT2D eigenvalue weighted by atomic mass is 9.99. The van der Waals surface area contributed by atoms with E-state index in [9.17, 15) is 8.42 Å². The Morgan fingerprint density at radius 2 is 1.90 bits per heavy atom. The lowest BCUT2D eigenvalue weighted by molar-refractivity contribution is 0.100. The summed E-state index contributed by atoms with van der Waals surface area (Å²) < 4.78 is 27.3. The number of hydrogen-bond acceptors (Lipinski definition) is 5. The molecule has 0 bridgehead atoms. The van der Waals surface area contributed by atoms with E-state index < -0.39 is 10.0 Å². The summed E-state index contributed by atoms with van der Waals surface area (Å²) in [7, 11) is -3.52. The first-order chi connectivity index (χ1) is 9.68. The number of nitrogens with zero attached hydrogens (tertiary/aromatic N) is 2. The Morgan fingerprint density at radius 3 is 2.38 bits per heavy atom. The molecule has 2 rings (SSSR count). The highest BCUT2D eigenvalue weighted by atomic mass is 32.2. The van der Waals surface area contributed by atoms with Gasteiger partial charge >= 0.3 is 0 Å². The number of piperidine rings is 1. The summed E-state index contributed by atoms with van der Waals surface area (Å²) in [5.41, 5.74) is 5.61. The Kier molecular flexibility index (Phi) is 4.55. The maximum atomic E-state index is 12.3. The van der Waals surface area contributed by atoms with Gasteiger partial charge in [-0.3, -0.25) is 4.90 Å². The van der Waals surface area contributed by atoms with Crippen LogP contribution in [0.4, 0.5) is 5.82 Å². The zero-order valence-corrected chi connectivity index (χ0v) is 13.7. The first-order valence-electron chi connectivity index (χ1n) is 7.17. The molecule has 2 heterocycles. The number of nitrogens with one attached hydrogen (secondary N) is 1. The van der Waals surface area contributed by atoms with Gasteiger partial charge in [0.25, 0.3) is 0 Å². The molecule has 7 heteroatoms. The fraction of sp³-hybridized carbons (Fsp3) is 0.643. The van der Waals surface area contributed by atoms with Crippen LogP contribution in [0.15, 0.2) is 23.2 Å². The van der Waals surface area contributed by atoms with Crippen molar-refractivity contribution in [3.8, 4) is 0 Å². The molecule has 1 fully saturated rings. The predicted molar refractivity (Wildman–Crippen MR) is 83.3 cm³/mol. The zero-order chi connectivity index (χ0) is 15.7. The second kappa shape index (κ2) is 5.90. The minimum Gasteiger partial charge on any atom is -0.384 e. The van der Waals surface area contributed by atoms with E-state index >= 15 is 0 Å². The first-order valence-corrected chi connectivity index (χ1v) is 8.66. The topological polar surface area (TPSA) is 88.3 Å². The van der Waals surface area contributed by atoms with E-state index in [1.54, 1.807) is 0 Å². The third kappa shape index (κ3) is 4.15. The molecular weight excluding hydrogens is 288 g/mol. The van der Waals surface area contributed by atoms with Crippen LogP contribution in [0.5, 0.6) is 0 Å². The normalized spacial score (nSPS) is 18.8. The maximum absolute atomic E-state index is 12.3. The molecule has 0 atom stereocenters. The van der Waals surface area contributed by atoms with Gasteiger partial charge in [-0.15, -0.1) is 0 Å². The van der Waals surface area contributed by atoms with Gasteiger partial charge in [0.05, 0.1) is 0 Å². The van der Waals surface area contributed by atoms with Crippen molar-refractivity contribution >= 4 is 15.8 Å². The number of aromatic nitrogens is 1. The van der Waals surface area contributed by atoms with Gasteiger partial charge < -0.3 is 5.73 Å². The number of anilines is 1. The van der Waals surface area contributed by atoms with Crippen LogP contribution in [0, 0.1) is 0 Å². The maximum Gasteiger partial charge on any atom is 0.242 e. The van der Waals surface area contributed by atoms with Crippen LogP contribution in [0.3, 0.4) is 0 Å². The fourth-order valence-corrected chi connectivity index (χ4v) is 3.76. The van der Waals surface area contributed by atoms with Crippen molar-refractivity contribution in [2.75, 3.05) is 18.8 Å². The molecule has 3 N–H and O–H groups in total. The van der Waals surface area contributed by atoms with Crippen molar-refractivity contribution in [2.45, 2.75) is 50.1 Å². The van der Waals surface area contributed by atoms with Crippen LogP contribution in [0.1, 0.15) is 33.6 Å². The molecule has 6 nitrogen and oxygen atoms in total. The van der Waals surface area contributed by atoms with E-state index in [4.69, 9.17) is 5.73 Å². The molecule has 0 amide bonds. The molecule has 1 aromatic rings. The lowest BCUT2D eigenvalue weighted by Gasteiger charge is -2.40. The SMILES string of the molecule is CC(C)(C)N1CCC(NS(=O)(=O)c2ccc(N)nc2)CC1. The Labute approximate surface area is 126 Å². The fourth-order valence-electron chi connectivity index (χ4n) is 2.51. The summed E-state index contributed by atoms with van der Waals surface area (Å²) in [5, 5.41) is 0. The summed E-state index contributed by atoms with van der Waals surface area (Å²) >= 11 is 0. The summed E-state index contributed by atoms with van der Waals surface area (Å²) in [5.74, 6) is 0.312. The van der Waals surface area contributed by atoms with Crippen LogP contribution in [0.25, 0.3) is 0 Å². The molecule has 0 aliphatic carbocycles. The van der Waals surface area contributed by atoms with Crippen molar-refractivity contribution in [1.29, 1.82) is 0 Å². The molecule has 1 aliphatic rings. The molecule has 1 aromatic heterocycles. The minimum absolute atomic E-state index is 0.0221. The number of rotatable bonds is 3. The highest BCUT2D eigenvalue weighted by molar-refractivity contribution is 7.89. The van der Waals surface area contributed by atoms with E-state index in [1.807, 2.05) is 0 Å². The highest BCUT2D eigenvalue weighted by Crippen LogP contribution is 2.21. The third-order valence-corrected chi connectivity index (χ3v) is 5.34. The van der Waals surface area contributed by atoms with Crippen molar-refractivity contribution in [3.63, 3.8) is 0 Å². The monoisotopic (exact) mass is 312 g/mol. The second-order valence-corrected chi connectivity index (χ2v) is 8.19. The Balaban J connectivity index is 1.98. The number of hydrogen-bond donors (Lipinski definition) is 2. The average molecular weight is 312 g/mol. The predicted octanol–water partition coefficient (Wildman–Crippen LogP) is 1.21. The standard InChI is InChI=1S/C14H24N4O2S/c1-14(2,3)18-8-6-11(7-9-18)17-21(19,20)12-4-5-13(15)16-10-12/h4-5,10-11,17H,6-9H2,1-3H3,(H2,15,16). The van der Waals surface area contributed by atoms with Crippen molar-refractivity contribution in [2.24, 2.45) is 0 Å². The van der Waals surface area contributed by atoms with Crippen molar-refractivity contribution in [3.05, 3.63) is 18.3 Å². The number of nitrogen functional groups attached to an aromatic ring is 1. The number of likely N-dealkylation sites (tertiary alicyclic amines) is 1. The van der Waals surface area contributed by atoms with Crippen LogP contribution in [0.2, 0.25) is 0 Å². The van der Waals surface area contributed by atoms with Crippen LogP contribution in [-0.2, 0) is 10.0 Å². The quantitative estimate of drug-likeness (QED) is 0.875. The van der Waals surface area contributed by atoms with E-state index in [0.29, 0.717) is 5.82 Å². The molecule has 0 aromatic carbocycles. The average Bonchev–Trinajstić information content (AvgIpc) is 2.38. The highest BCUT2D eigenvalue weighted by Gasteiger charge is 2.29. The van der Waals surface area contributed by atoms with Crippen LogP contribution >= 0.6 is 0 Å². The summed E-state index contributed by atoms with van der Waals surface area (Å²) in [4.78, 5) is 6.37. The Morgan fingerprint density at radius 1 is 1.29 bits per heavy atom. The number of nitrogens with two attached hydrogens (primary N) is 1. The van der Waals surface area contributed by atoms with E-state index in [0.717, 1.165) is 25.9 Å². The molecule has 0 saturated carbocycles. The van der Waals surface area contributed by atoms with Crippen molar-refractivity contribution < 1.29 is 8.42 Å². The van der Waals surface area contributed by atoms with Gasteiger partial charge in [0, 0.05) is 30.9 Å². The van der Waals surface area contributed by atoms with E-state index in [2.05, 4.69) is 35.4 Å². The molecular formula is C14H24N4O2S. The smallest absolute Gasteiger partial charge is 0.242 e. The molecule has 0 unspecified atom stereocenters. The molecule has 118 valence electrons. The summed E-state index contributed by atoms with van der Waals surface area (Å²) in [6, 6.07) is 2.96. The van der Waals surface area contributed by atoms with Gasteiger partial charge in [-0.1, -0.05) is 0 Å². The zero-order valence-electron chi connectivity index (χ0n) is 12.8. The van der Waals surface area contributed by atoms with Gasteiger partial charge in [-0.2, -0.15) is 0 Å². The minimum atomic E-state index is -3.52. The van der Waals surface area contributed by atoms with E-state index in [1.165, 1.54) is 18.3 Å². The third-order valence-electron chi connectivity index (χ3n) is 3.83. The van der Waals surface area contributed by atoms with Gasteiger partial charge in [0.1, 0.15) is 10.7 Å². The lowest BCUT2D eigenvalue weighted by Crippen LogP contribution is -2.50. The largest absolute Gasteiger partial charge is 0.384 e. The first kappa shape index (κ1) is 16.2. The molecule has 1 saturated heterocycles. The molecule has 21 heavy (non-hydrogen) atoms. The number of pyridine rings is 1. The summed E-state index contributed by atoms with van der Waals surface area (Å²) in [6.07, 6.45) is 2.93. The van der Waals surface area contributed by atoms with Gasteiger partial charge in [0.15, 0.2) is 0 Å². The van der Waals surface area contributed by atoms with Gasteiger partial charge in [0.2, 0.25) is 10.0 Å². The second-order valence-electron chi connectivity index (χ2n) is 6.47. The Hall–Kier alpha value is -1.18. The molecule has 0 radical (unpaired) electrons. The number of sulfonamides is 1. The van der Waals surface area contributed by atoms with E-state index in [-0.39, 0.29) is 16.5 Å². The summed E-state index contributed by atoms with van der Waals surface area (Å²) in [6.45, 7) is 8.33.